The lowest BCUT2D eigenvalue weighted by Gasteiger charge is -2.20. The molecule has 2 unspecified atom stereocenters. The molecule has 3 N–H and O–H groups in total. The number of aliphatic hydroxyl groups excluding tert-OH is 2. The van der Waals surface area contributed by atoms with Gasteiger partial charge in [0.1, 0.15) is 0 Å². The third-order valence-electron chi connectivity index (χ3n) is 18.9. The molecule has 0 aromatic rings. The number of ether oxygens (including phenoxy) is 1. The number of esters is 1. The number of carbonyl (C=O) groups is 2. The predicted molar refractivity (Wildman–Crippen MR) is 389 cm³/mol. The van der Waals surface area contributed by atoms with E-state index in [4.69, 9.17) is 4.74 Å². The van der Waals surface area contributed by atoms with Gasteiger partial charge < -0.3 is 20.3 Å². The van der Waals surface area contributed by atoms with Crippen molar-refractivity contribution in [1.82, 2.24) is 5.32 Å². The van der Waals surface area contributed by atoms with Crippen molar-refractivity contribution in [3.8, 4) is 0 Å². The maximum atomic E-state index is 12.6. The van der Waals surface area contributed by atoms with Crippen LogP contribution in [-0.2, 0) is 14.3 Å². The van der Waals surface area contributed by atoms with Crippen LogP contribution in [0.3, 0.4) is 0 Å². The van der Waals surface area contributed by atoms with Crippen LogP contribution < -0.4 is 5.32 Å². The maximum Gasteiger partial charge on any atom is 0.305 e. The Morgan fingerprint density at radius 2 is 0.580 bits per heavy atom. The van der Waals surface area contributed by atoms with Crippen molar-refractivity contribution in [1.29, 1.82) is 0 Å². The van der Waals surface area contributed by atoms with Gasteiger partial charge >= 0.3 is 5.97 Å². The highest BCUT2D eigenvalue weighted by molar-refractivity contribution is 5.76. The van der Waals surface area contributed by atoms with Crippen molar-refractivity contribution in [2.75, 3.05) is 13.2 Å². The van der Waals surface area contributed by atoms with Crippen LogP contribution in [0, 0.1) is 0 Å². The van der Waals surface area contributed by atoms with E-state index < -0.39 is 12.1 Å². The van der Waals surface area contributed by atoms with Crippen LogP contribution >= 0.6 is 0 Å². The topological polar surface area (TPSA) is 95.9 Å². The number of allylic oxidation sites excluding steroid dienone is 5. The number of amides is 1. The van der Waals surface area contributed by atoms with E-state index in [1.165, 1.54) is 372 Å². The minimum Gasteiger partial charge on any atom is -0.466 e. The lowest BCUT2D eigenvalue weighted by molar-refractivity contribution is -0.143. The van der Waals surface area contributed by atoms with E-state index in [1.807, 2.05) is 6.08 Å². The Morgan fingerprint density at radius 1 is 0.318 bits per heavy atom. The molecule has 0 heterocycles. The van der Waals surface area contributed by atoms with Gasteiger partial charge in [-0.05, 0) is 57.8 Å². The Kier molecular flexibility index (Phi) is 75.8. The largest absolute Gasteiger partial charge is 0.466 e. The summed E-state index contributed by atoms with van der Waals surface area (Å²) in [7, 11) is 0. The molecule has 0 radical (unpaired) electrons. The molecule has 0 rings (SSSR count). The number of aliphatic hydroxyl groups is 2. The lowest BCUT2D eigenvalue weighted by atomic mass is 10.0. The van der Waals surface area contributed by atoms with Gasteiger partial charge in [0.25, 0.3) is 0 Å². The summed E-state index contributed by atoms with van der Waals surface area (Å²) in [6.07, 6.45) is 101. The van der Waals surface area contributed by atoms with Gasteiger partial charge in [-0.3, -0.25) is 9.59 Å². The molecule has 0 saturated heterocycles. The van der Waals surface area contributed by atoms with E-state index in [0.29, 0.717) is 19.4 Å². The van der Waals surface area contributed by atoms with Gasteiger partial charge in [0.05, 0.1) is 25.4 Å². The van der Waals surface area contributed by atoms with Crippen molar-refractivity contribution >= 4 is 11.9 Å². The zero-order chi connectivity index (χ0) is 63.5. The number of nitrogens with one attached hydrogen (secondary N) is 1. The first-order valence-electron chi connectivity index (χ1n) is 40.3. The van der Waals surface area contributed by atoms with Crippen LogP contribution in [0.4, 0.5) is 0 Å². The highest BCUT2D eigenvalue weighted by Crippen LogP contribution is 2.20. The van der Waals surface area contributed by atoms with E-state index in [-0.39, 0.29) is 18.5 Å². The second-order valence-electron chi connectivity index (χ2n) is 27.8. The van der Waals surface area contributed by atoms with E-state index in [9.17, 15) is 19.8 Å². The van der Waals surface area contributed by atoms with Gasteiger partial charge in [-0.1, -0.05) is 416 Å². The fourth-order valence-electron chi connectivity index (χ4n) is 12.8. The van der Waals surface area contributed by atoms with Crippen LogP contribution in [0.25, 0.3) is 0 Å². The summed E-state index contributed by atoms with van der Waals surface area (Å²) in [6, 6.07) is -0.625. The number of hydrogen-bond acceptors (Lipinski definition) is 5. The van der Waals surface area contributed by atoms with Crippen LogP contribution in [0.1, 0.15) is 450 Å². The number of hydrogen-bond donors (Lipinski definition) is 3. The lowest BCUT2D eigenvalue weighted by Crippen LogP contribution is -2.45. The molecule has 0 saturated carbocycles. The third-order valence-corrected chi connectivity index (χ3v) is 18.9. The van der Waals surface area contributed by atoms with Gasteiger partial charge in [0.15, 0.2) is 0 Å². The standard InChI is InChI=1S/C82H157NO5/c1-3-5-7-9-11-13-15-17-19-20-21-22-38-41-44-47-50-54-58-62-66-70-74-80(85)79(78-84)83-81(86)75-71-67-63-59-55-51-48-45-42-39-36-34-32-30-28-26-24-23-25-27-29-31-33-35-37-40-43-46-49-53-57-61-65-69-73-77-88-82(87)76-72-68-64-60-56-52-18-16-14-12-10-8-6-4-2/h10,12,16,18,70,74,79-80,84-85H,3-9,11,13-15,17,19-69,71-73,75-78H2,1-2H3,(H,83,86)/b12-10-,18-16-,74-70+. The van der Waals surface area contributed by atoms with E-state index >= 15 is 0 Å². The highest BCUT2D eigenvalue weighted by atomic mass is 16.5. The molecule has 0 aliphatic heterocycles. The maximum absolute atomic E-state index is 12.6. The minimum absolute atomic E-state index is 0.00830. The Hall–Kier alpha value is -1.92. The molecule has 0 aromatic heterocycles. The SMILES string of the molecule is CCCC/C=C\C/C=C\CCCCCCCC(=O)OCCCCCCCCCCCCCCCCCCCCCCCCCCCCCCCCCCCCCC(=O)NC(CO)C(O)/C=C/CCCCCCCCCCCCCCCCCCCCCC. The quantitative estimate of drug-likeness (QED) is 0.0320. The minimum atomic E-state index is -0.842. The van der Waals surface area contributed by atoms with Crippen LogP contribution in [0.15, 0.2) is 36.5 Å². The molecule has 0 bridgehead atoms. The summed E-state index contributed by atoms with van der Waals surface area (Å²) in [5.41, 5.74) is 0. The molecule has 1 amide bonds. The van der Waals surface area contributed by atoms with Gasteiger partial charge in [-0.15, -0.1) is 0 Å². The Balaban J connectivity index is 3.34. The van der Waals surface area contributed by atoms with Crippen molar-refractivity contribution in [3.63, 3.8) is 0 Å². The Bertz CT molecular complexity index is 1430. The van der Waals surface area contributed by atoms with Gasteiger partial charge in [-0.25, -0.2) is 0 Å². The molecule has 0 aliphatic carbocycles. The smallest absolute Gasteiger partial charge is 0.305 e. The summed E-state index contributed by atoms with van der Waals surface area (Å²) in [6.45, 7) is 4.91. The monoisotopic (exact) mass is 1240 g/mol. The first kappa shape index (κ1) is 86.1. The molecule has 2 atom stereocenters. The highest BCUT2D eigenvalue weighted by Gasteiger charge is 2.18. The molecule has 0 aliphatic rings. The molecule has 88 heavy (non-hydrogen) atoms. The summed E-state index contributed by atoms with van der Waals surface area (Å²) < 4.78 is 5.49. The zero-order valence-corrected chi connectivity index (χ0v) is 59.7. The van der Waals surface area contributed by atoms with Crippen molar-refractivity contribution < 1.29 is 24.5 Å². The third kappa shape index (κ3) is 73.1. The molecule has 6 heteroatoms. The molecule has 6 nitrogen and oxygen atoms in total. The van der Waals surface area contributed by atoms with Crippen LogP contribution in [0.2, 0.25) is 0 Å². The Labute approximate surface area is 551 Å². The number of rotatable bonds is 76. The Morgan fingerprint density at radius 3 is 0.898 bits per heavy atom. The van der Waals surface area contributed by atoms with Crippen molar-refractivity contribution in [2.45, 2.75) is 463 Å². The van der Waals surface area contributed by atoms with Gasteiger partial charge in [0, 0.05) is 12.8 Å². The fraction of sp³-hybridized carbons (Fsp3) is 0.902. The second-order valence-corrected chi connectivity index (χ2v) is 27.8. The van der Waals surface area contributed by atoms with Crippen LogP contribution in [0.5, 0.6) is 0 Å². The van der Waals surface area contributed by atoms with E-state index in [0.717, 1.165) is 51.4 Å². The molecule has 0 spiro atoms. The molecule has 0 fully saturated rings. The first-order valence-corrected chi connectivity index (χ1v) is 40.3. The van der Waals surface area contributed by atoms with E-state index in [2.05, 4.69) is 43.5 Å². The van der Waals surface area contributed by atoms with Gasteiger partial charge in [-0.2, -0.15) is 0 Å². The number of carbonyl (C=O) groups excluding carboxylic acids is 2. The normalized spacial score (nSPS) is 12.6. The molecule has 520 valence electrons. The predicted octanol–water partition coefficient (Wildman–Crippen LogP) is 26.6. The van der Waals surface area contributed by atoms with Crippen molar-refractivity contribution in [2.24, 2.45) is 0 Å². The average molecular weight is 1240 g/mol. The molecule has 0 aromatic carbocycles. The zero-order valence-electron chi connectivity index (χ0n) is 59.7. The summed E-state index contributed by atoms with van der Waals surface area (Å²) in [5.74, 6) is -0.0496. The summed E-state index contributed by atoms with van der Waals surface area (Å²) in [5, 5.41) is 23.3. The van der Waals surface area contributed by atoms with Gasteiger partial charge in [0.2, 0.25) is 5.91 Å². The van der Waals surface area contributed by atoms with Crippen molar-refractivity contribution in [3.05, 3.63) is 36.5 Å². The summed E-state index contributed by atoms with van der Waals surface area (Å²) >= 11 is 0. The molecular formula is C82H157NO5. The first-order chi connectivity index (χ1) is 43.5. The van der Waals surface area contributed by atoms with E-state index in [1.54, 1.807) is 6.08 Å². The fourth-order valence-corrected chi connectivity index (χ4v) is 12.8. The number of unbranched alkanes of at least 4 members (excludes halogenated alkanes) is 61. The second kappa shape index (κ2) is 77.5. The van der Waals surface area contributed by atoms with Crippen LogP contribution in [-0.4, -0.2) is 47.4 Å². The summed E-state index contributed by atoms with van der Waals surface area (Å²) in [4.78, 5) is 24.6. The molecular weight excluding hydrogens is 1080 g/mol. The average Bonchev–Trinajstić information content (AvgIpc) is 3.58.